The average Bonchev–Trinajstić information content (AvgIpc) is 2.58. The molecule has 0 aliphatic carbocycles. The van der Waals surface area contributed by atoms with E-state index in [1.807, 2.05) is 0 Å². The summed E-state index contributed by atoms with van der Waals surface area (Å²) < 4.78 is 17.6. The first-order chi connectivity index (χ1) is 11.1. The molecule has 0 aromatic heterocycles. The van der Waals surface area contributed by atoms with Gasteiger partial charge in [-0.25, -0.2) is 9.18 Å². The van der Waals surface area contributed by atoms with Crippen molar-refractivity contribution in [2.24, 2.45) is 0 Å². The average molecular weight is 313 g/mol. The zero-order valence-corrected chi connectivity index (χ0v) is 12.6. The predicted molar refractivity (Wildman–Crippen MR) is 85.1 cm³/mol. The van der Waals surface area contributed by atoms with Gasteiger partial charge in [0.1, 0.15) is 5.82 Å². The van der Waals surface area contributed by atoms with Gasteiger partial charge in [-0.15, -0.1) is 0 Å². The number of esters is 1. The summed E-state index contributed by atoms with van der Waals surface area (Å²) in [6, 6.07) is 12.7. The van der Waals surface area contributed by atoms with E-state index in [1.54, 1.807) is 42.5 Å². The monoisotopic (exact) mass is 313 g/mol. The van der Waals surface area contributed by atoms with E-state index < -0.39 is 5.97 Å². The van der Waals surface area contributed by atoms with Crippen LogP contribution in [0.1, 0.15) is 21.5 Å². The van der Waals surface area contributed by atoms with Crippen molar-refractivity contribution in [3.63, 3.8) is 0 Å². The maximum Gasteiger partial charge on any atom is 0.337 e. The number of hydrogen-bond acceptors (Lipinski definition) is 3. The van der Waals surface area contributed by atoms with Gasteiger partial charge in [-0.2, -0.15) is 0 Å². The van der Waals surface area contributed by atoms with Crippen molar-refractivity contribution < 1.29 is 18.7 Å². The van der Waals surface area contributed by atoms with E-state index in [0.717, 1.165) is 5.56 Å². The summed E-state index contributed by atoms with van der Waals surface area (Å²) in [4.78, 5) is 23.0. The van der Waals surface area contributed by atoms with E-state index in [-0.39, 0.29) is 18.3 Å². The van der Waals surface area contributed by atoms with Gasteiger partial charge >= 0.3 is 5.97 Å². The number of rotatable bonds is 5. The standard InChI is InChI=1S/C18H16FNO3/c1-23-18(22)15-8-5-13(6-9-15)7-10-17(21)20-12-14-3-2-4-16(19)11-14/h2-11H,12H2,1H3,(H,20,21)/b10-7+. The Hall–Kier alpha value is -2.95. The number of hydrogen-bond donors (Lipinski definition) is 1. The number of methoxy groups -OCH3 is 1. The maximum absolute atomic E-state index is 13.0. The van der Waals surface area contributed by atoms with Gasteiger partial charge in [0.25, 0.3) is 0 Å². The number of ether oxygens (including phenoxy) is 1. The summed E-state index contributed by atoms with van der Waals surface area (Å²) in [6.07, 6.45) is 3.01. The lowest BCUT2D eigenvalue weighted by Crippen LogP contribution is -2.20. The van der Waals surface area contributed by atoms with Crippen LogP contribution in [0.15, 0.2) is 54.6 Å². The quantitative estimate of drug-likeness (QED) is 0.682. The van der Waals surface area contributed by atoms with Gasteiger partial charge < -0.3 is 10.1 Å². The fourth-order valence-corrected chi connectivity index (χ4v) is 1.92. The Morgan fingerprint density at radius 2 is 1.91 bits per heavy atom. The predicted octanol–water partition coefficient (Wildman–Crippen LogP) is 2.94. The van der Waals surface area contributed by atoms with Crippen molar-refractivity contribution >= 4 is 18.0 Å². The molecule has 0 bridgehead atoms. The molecule has 1 N–H and O–H groups in total. The number of carbonyl (C=O) groups is 2. The Kier molecular flexibility index (Phi) is 5.63. The zero-order valence-electron chi connectivity index (χ0n) is 12.6. The van der Waals surface area contributed by atoms with E-state index >= 15 is 0 Å². The highest BCUT2D eigenvalue weighted by Gasteiger charge is 2.03. The van der Waals surface area contributed by atoms with E-state index in [1.165, 1.54) is 25.3 Å². The number of amides is 1. The molecule has 0 aliphatic rings. The SMILES string of the molecule is COC(=O)c1ccc(/C=C/C(=O)NCc2cccc(F)c2)cc1. The minimum absolute atomic E-state index is 0.252. The van der Waals surface area contributed by atoms with Crippen LogP contribution in [0, 0.1) is 5.82 Å². The van der Waals surface area contributed by atoms with E-state index in [4.69, 9.17) is 0 Å². The second kappa shape index (κ2) is 7.89. The van der Waals surface area contributed by atoms with E-state index in [2.05, 4.69) is 10.1 Å². The fourth-order valence-electron chi connectivity index (χ4n) is 1.92. The largest absolute Gasteiger partial charge is 0.465 e. The Labute approximate surface area is 133 Å². The number of halogens is 1. The zero-order chi connectivity index (χ0) is 16.7. The molecule has 4 nitrogen and oxygen atoms in total. The highest BCUT2D eigenvalue weighted by atomic mass is 19.1. The molecule has 0 atom stereocenters. The first-order valence-electron chi connectivity index (χ1n) is 6.97. The normalized spacial score (nSPS) is 10.5. The Morgan fingerprint density at radius 3 is 2.57 bits per heavy atom. The minimum Gasteiger partial charge on any atom is -0.465 e. The summed E-state index contributed by atoms with van der Waals surface area (Å²) in [5, 5.41) is 2.67. The van der Waals surface area contributed by atoms with Crippen molar-refractivity contribution in [3.8, 4) is 0 Å². The van der Waals surface area contributed by atoms with Crippen LogP contribution in [0.3, 0.4) is 0 Å². The fraction of sp³-hybridized carbons (Fsp3) is 0.111. The smallest absolute Gasteiger partial charge is 0.337 e. The molecule has 0 fully saturated rings. The second-order valence-corrected chi connectivity index (χ2v) is 4.79. The summed E-state index contributed by atoms with van der Waals surface area (Å²) in [7, 11) is 1.32. The van der Waals surface area contributed by atoms with Crippen LogP contribution in [0.25, 0.3) is 6.08 Å². The molecule has 2 aromatic rings. The molecule has 0 saturated carbocycles. The van der Waals surface area contributed by atoms with Crippen LogP contribution in [-0.2, 0) is 16.1 Å². The first kappa shape index (κ1) is 16.4. The van der Waals surface area contributed by atoms with Gasteiger partial charge in [-0.05, 0) is 41.5 Å². The van der Waals surface area contributed by atoms with Crippen LogP contribution >= 0.6 is 0 Å². The molecule has 118 valence electrons. The summed E-state index contributed by atoms with van der Waals surface area (Å²) in [5.74, 6) is -1.03. The third kappa shape index (κ3) is 5.07. The third-order valence-corrected chi connectivity index (χ3v) is 3.11. The molecular formula is C18H16FNO3. The molecule has 0 spiro atoms. The van der Waals surface area contributed by atoms with Crippen molar-refractivity contribution in [2.75, 3.05) is 7.11 Å². The first-order valence-corrected chi connectivity index (χ1v) is 6.97. The van der Waals surface area contributed by atoms with Gasteiger partial charge in [-0.3, -0.25) is 4.79 Å². The lowest BCUT2D eigenvalue weighted by atomic mass is 10.1. The number of nitrogens with one attached hydrogen (secondary N) is 1. The minimum atomic E-state index is -0.409. The second-order valence-electron chi connectivity index (χ2n) is 4.79. The summed E-state index contributed by atoms with van der Waals surface area (Å²) >= 11 is 0. The molecule has 0 radical (unpaired) electrons. The molecule has 2 aromatic carbocycles. The van der Waals surface area contributed by atoms with Crippen molar-refractivity contribution in [3.05, 3.63) is 77.1 Å². The van der Waals surface area contributed by atoms with E-state index in [0.29, 0.717) is 11.1 Å². The van der Waals surface area contributed by atoms with Crippen molar-refractivity contribution in [1.82, 2.24) is 5.32 Å². The van der Waals surface area contributed by atoms with Crippen molar-refractivity contribution in [1.29, 1.82) is 0 Å². The Morgan fingerprint density at radius 1 is 1.17 bits per heavy atom. The molecule has 0 aliphatic heterocycles. The van der Waals surface area contributed by atoms with Gasteiger partial charge in [0.05, 0.1) is 12.7 Å². The third-order valence-electron chi connectivity index (χ3n) is 3.11. The van der Waals surface area contributed by atoms with Crippen LogP contribution in [0.2, 0.25) is 0 Å². The van der Waals surface area contributed by atoms with E-state index in [9.17, 15) is 14.0 Å². The summed E-state index contributed by atoms with van der Waals surface area (Å²) in [5.41, 5.74) is 1.91. The van der Waals surface area contributed by atoms with Gasteiger partial charge in [0.2, 0.25) is 5.91 Å². The molecule has 23 heavy (non-hydrogen) atoms. The van der Waals surface area contributed by atoms with Crippen LogP contribution in [0.4, 0.5) is 4.39 Å². The molecule has 0 unspecified atom stereocenters. The summed E-state index contributed by atoms with van der Waals surface area (Å²) in [6.45, 7) is 0.252. The number of benzene rings is 2. The van der Waals surface area contributed by atoms with Gasteiger partial charge in [-0.1, -0.05) is 24.3 Å². The molecule has 0 heterocycles. The lowest BCUT2D eigenvalue weighted by Gasteiger charge is -2.02. The molecular weight excluding hydrogens is 297 g/mol. The highest BCUT2D eigenvalue weighted by Crippen LogP contribution is 2.07. The van der Waals surface area contributed by atoms with Crippen LogP contribution in [-0.4, -0.2) is 19.0 Å². The number of carbonyl (C=O) groups excluding carboxylic acids is 2. The van der Waals surface area contributed by atoms with Crippen LogP contribution in [0.5, 0.6) is 0 Å². The molecule has 5 heteroatoms. The lowest BCUT2D eigenvalue weighted by molar-refractivity contribution is -0.116. The topological polar surface area (TPSA) is 55.4 Å². The highest BCUT2D eigenvalue weighted by molar-refractivity contribution is 5.92. The molecule has 0 saturated heterocycles. The maximum atomic E-state index is 13.0. The molecule has 2 rings (SSSR count). The Balaban J connectivity index is 1.89. The van der Waals surface area contributed by atoms with Gasteiger partial charge in [0, 0.05) is 12.6 Å². The molecule has 1 amide bonds. The van der Waals surface area contributed by atoms with Crippen molar-refractivity contribution in [2.45, 2.75) is 6.54 Å². The van der Waals surface area contributed by atoms with Gasteiger partial charge in [0.15, 0.2) is 0 Å². The Bertz CT molecular complexity index is 723. The van der Waals surface area contributed by atoms with Crippen LogP contribution < -0.4 is 5.32 Å².